The first-order valence-electron chi connectivity index (χ1n) is 8.75. The van der Waals surface area contributed by atoms with Crippen LogP contribution in [0.3, 0.4) is 0 Å². The average molecular weight is 514 g/mol. The molecular formula is C17H28FIN4O3S. The van der Waals surface area contributed by atoms with Crippen molar-refractivity contribution in [3.05, 3.63) is 35.1 Å². The number of hydrogen-bond acceptors (Lipinski definition) is 4. The van der Waals surface area contributed by atoms with Crippen LogP contribution in [-0.4, -0.2) is 63.8 Å². The summed E-state index contributed by atoms with van der Waals surface area (Å²) < 4.78 is 44.6. The van der Waals surface area contributed by atoms with Gasteiger partial charge >= 0.3 is 0 Å². The molecule has 0 aliphatic carbocycles. The number of hydrogen-bond donors (Lipinski definition) is 2. The van der Waals surface area contributed by atoms with Crippen molar-refractivity contribution in [1.82, 2.24) is 14.9 Å². The molecule has 0 radical (unpaired) electrons. The van der Waals surface area contributed by atoms with Gasteiger partial charge in [0.1, 0.15) is 5.82 Å². The van der Waals surface area contributed by atoms with E-state index >= 15 is 0 Å². The first-order chi connectivity index (χ1) is 12.4. The summed E-state index contributed by atoms with van der Waals surface area (Å²) in [4.78, 5) is 4.43. The summed E-state index contributed by atoms with van der Waals surface area (Å²) in [5.41, 5.74) is 1.47. The van der Waals surface area contributed by atoms with Crippen LogP contribution in [0.4, 0.5) is 4.39 Å². The van der Waals surface area contributed by atoms with Crippen LogP contribution in [0.25, 0.3) is 0 Å². The van der Waals surface area contributed by atoms with Crippen molar-refractivity contribution in [1.29, 1.82) is 0 Å². The highest BCUT2D eigenvalue weighted by Crippen LogP contribution is 2.10. The Kier molecular flexibility index (Phi) is 10.5. The molecule has 1 aromatic carbocycles. The van der Waals surface area contributed by atoms with Crippen LogP contribution in [0.5, 0.6) is 0 Å². The first-order valence-corrected chi connectivity index (χ1v) is 10.4. The molecule has 0 saturated carbocycles. The highest BCUT2D eigenvalue weighted by Gasteiger charge is 2.23. The Balaban J connectivity index is 0.00000364. The molecule has 1 heterocycles. The van der Waals surface area contributed by atoms with Crippen molar-refractivity contribution in [3.63, 3.8) is 0 Å². The lowest BCUT2D eigenvalue weighted by atomic mass is 10.1. The van der Waals surface area contributed by atoms with Gasteiger partial charge in [-0.1, -0.05) is 12.1 Å². The number of ether oxygens (including phenoxy) is 1. The zero-order valence-electron chi connectivity index (χ0n) is 15.7. The van der Waals surface area contributed by atoms with Crippen molar-refractivity contribution < 1.29 is 17.5 Å². The van der Waals surface area contributed by atoms with Gasteiger partial charge in [-0.2, -0.15) is 4.31 Å². The Morgan fingerprint density at radius 3 is 2.63 bits per heavy atom. The molecule has 1 aromatic rings. The van der Waals surface area contributed by atoms with Crippen molar-refractivity contribution >= 4 is 40.0 Å². The second-order valence-corrected chi connectivity index (χ2v) is 8.12. The van der Waals surface area contributed by atoms with Crippen LogP contribution in [0.15, 0.2) is 23.2 Å². The summed E-state index contributed by atoms with van der Waals surface area (Å²) in [5, 5.41) is 6.12. The highest BCUT2D eigenvalue weighted by atomic mass is 127. The molecule has 1 saturated heterocycles. The topological polar surface area (TPSA) is 83.0 Å². The van der Waals surface area contributed by atoms with Gasteiger partial charge in [-0.3, -0.25) is 0 Å². The number of guanidine groups is 1. The normalized spacial score (nSPS) is 15.9. The summed E-state index contributed by atoms with van der Waals surface area (Å²) in [5.74, 6) is 0.287. The molecule has 0 aromatic heterocycles. The van der Waals surface area contributed by atoms with E-state index in [9.17, 15) is 12.8 Å². The van der Waals surface area contributed by atoms with E-state index in [0.717, 1.165) is 5.56 Å². The van der Waals surface area contributed by atoms with Gasteiger partial charge in [0.05, 0.1) is 25.5 Å². The second-order valence-electron chi connectivity index (χ2n) is 6.03. The number of rotatable bonds is 7. The second kappa shape index (κ2) is 11.8. The predicted octanol–water partition coefficient (Wildman–Crippen LogP) is 1.47. The number of morpholine rings is 1. The lowest BCUT2D eigenvalue weighted by Gasteiger charge is -2.26. The number of halogens is 2. The largest absolute Gasteiger partial charge is 0.379 e. The monoisotopic (exact) mass is 514 g/mol. The van der Waals surface area contributed by atoms with Gasteiger partial charge in [0.15, 0.2) is 5.96 Å². The standard InChI is InChI=1S/C17H27FN4O3S.HI/c1-3-19-17(21-13-15-4-5-16(18)14(2)12-15)20-6-11-26(23,24)22-7-9-25-10-8-22;/h4-5,12H,3,6-11,13H2,1-2H3,(H2,19,20,21);1H. The maximum absolute atomic E-state index is 13.3. The number of nitrogens with zero attached hydrogens (tertiary/aromatic N) is 2. The lowest BCUT2D eigenvalue weighted by Crippen LogP contribution is -2.45. The van der Waals surface area contributed by atoms with Gasteiger partial charge < -0.3 is 15.4 Å². The van der Waals surface area contributed by atoms with Crippen LogP contribution in [-0.2, 0) is 21.3 Å². The number of aliphatic imine (C=N–C) groups is 1. The molecule has 27 heavy (non-hydrogen) atoms. The fourth-order valence-corrected chi connectivity index (χ4v) is 3.89. The molecule has 1 aliphatic rings. The van der Waals surface area contributed by atoms with Crippen molar-refractivity contribution in [2.24, 2.45) is 4.99 Å². The molecule has 1 aliphatic heterocycles. The maximum atomic E-state index is 13.3. The summed E-state index contributed by atoms with van der Waals surface area (Å²) in [7, 11) is -3.31. The molecule has 0 bridgehead atoms. The Hall–Kier alpha value is -0.980. The van der Waals surface area contributed by atoms with Crippen LogP contribution >= 0.6 is 24.0 Å². The smallest absolute Gasteiger partial charge is 0.215 e. The van der Waals surface area contributed by atoms with E-state index in [1.54, 1.807) is 19.1 Å². The zero-order valence-corrected chi connectivity index (χ0v) is 18.8. The highest BCUT2D eigenvalue weighted by molar-refractivity contribution is 14.0. The third kappa shape index (κ3) is 7.88. The maximum Gasteiger partial charge on any atom is 0.215 e. The average Bonchev–Trinajstić information content (AvgIpc) is 2.63. The summed E-state index contributed by atoms with van der Waals surface area (Å²) in [6, 6.07) is 4.87. The van der Waals surface area contributed by atoms with Crippen molar-refractivity contribution in [2.45, 2.75) is 20.4 Å². The first kappa shape index (κ1) is 24.1. The van der Waals surface area contributed by atoms with Gasteiger partial charge in [0.25, 0.3) is 0 Å². The van der Waals surface area contributed by atoms with Crippen molar-refractivity contribution in [3.8, 4) is 0 Å². The Morgan fingerprint density at radius 1 is 1.30 bits per heavy atom. The predicted molar refractivity (Wildman–Crippen MR) is 116 cm³/mol. The van der Waals surface area contributed by atoms with E-state index < -0.39 is 10.0 Å². The van der Waals surface area contributed by atoms with E-state index in [1.807, 2.05) is 6.92 Å². The minimum absolute atomic E-state index is 0. The summed E-state index contributed by atoms with van der Waals surface area (Å²) in [6.07, 6.45) is 0. The van der Waals surface area contributed by atoms with E-state index in [0.29, 0.717) is 50.9 Å². The van der Waals surface area contributed by atoms with Crippen molar-refractivity contribution in [2.75, 3.05) is 45.1 Å². The van der Waals surface area contributed by atoms with Gasteiger partial charge in [0, 0.05) is 26.2 Å². The SMILES string of the molecule is CCNC(=NCc1ccc(F)c(C)c1)NCCS(=O)(=O)N1CCOCC1.I. The summed E-state index contributed by atoms with van der Waals surface area (Å²) >= 11 is 0. The lowest BCUT2D eigenvalue weighted by molar-refractivity contribution is 0.0730. The fraction of sp³-hybridized carbons (Fsp3) is 0.588. The minimum atomic E-state index is -3.31. The quantitative estimate of drug-likeness (QED) is 0.327. The van der Waals surface area contributed by atoms with Crippen LogP contribution in [0.1, 0.15) is 18.1 Å². The Bertz CT molecular complexity index is 725. The molecule has 0 unspecified atom stereocenters. The van der Waals surface area contributed by atoms with Gasteiger partial charge in [-0.25, -0.2) is 17.8 Å². The van der Waals surface area contributed by atoms with E-state index in [-0.39, 0.29) is 42.1 Å². The third-order valence-electron chi connectivity index (χ3n) is 4.00. The van der Waals surface area contributed by atoms with E-state index in [1.165, 1.54) is 10.4 Å². The molecule has 2 rings (SSSR count). The molecule has 0 spiro atoms. The third-order valence-corrected chi connectivity index (χ3v) is 5.87. The minimum Gasteiger partial charge on any atom is -0.379 e. The molecular weight excluding hydrogens is 486 g/mol. The van der Waals surface area contributed by atoms with Crippen LogP contribution in [0.2, 0.25) is 0 Å². The van der Waals surface area contributed by atoms with E-state index in [4.69, 9.17) is 4.74 Å². The zero-order chi connectivity index (χ0) is 19.0. The number of aryl methyl sites for hydroxylation is 1. The summed E-state index contributed by atoms with van der Waals surface area (Å²) in [6.45, 7) is 6.62. The Morgan fingerprint density at radius 2 is 2.00 bits per heavy atom. The van der Waals surface area contributed by atoms with Crippen LogP contribution < -0.4 is 10.6 Å². The molecule has 2 N–H and O–H groups in total. The van der Waals surface area contributed by atoms with Crippen LogP contribution in [0, 0.1) is 12.7 Å². The number of benzene rings is 1. The molecule has 154 valence electrons. The van der Waals surface area contributed by atoms with Gasteiger partial charge in [0.2, 0.25) is 10.0 Å². The number of nitrogens with one attached hydrogen (secondary N) is 2. The molecule has 0 amide bonds. The van der Waals surface area contributed by atoms with Gasteiger partial charge in [-0.15, -0.1) is 24.0 Å². The fourth-order valence-electron chi connectivity index (χ4n) is 2.57. The van der Waals surface area contributed by atoms with Gasteiger partial charge in [-0.05, 0) is 31.0 Å². The molecule has 7 nitrogen and oxygen atoms in total. The van der Waals surface area contributed by atoms with E-state index in [2.05, 4.69) is 15.6 Å². The molecule has 10 heteroatoms. The molecule has 0 atom stereocenters. The number of sulfonamides is 1. The molecule has 1 fully saturated rings. The Labute approximate surface area is 177 Å².